The molecule has 0 aliphatic rings. The maximum Gasteiger partial charge on any atom is 0.262 e. The molecule has 2 aromatic heterocycles. The Hall–Kier alpha value is -2.90. The molecule has 0 unspecified atom stereocenters. The van der Waals surface area contributed by atoms with Gasteiger partial charge in [0.1, 0.15) is 0 Å². The Morgan fingerprint density at radius 1 is 1.07 bits per heavy atom. The Balaban J connectivity index is 1.65. The summed E-state index contributed by atoms with van der Waals surface area (Å²) in [6, 6.07) is 17.8. The van der Waals surface area contributed by atoms with Crippen LogP contribution in [0.5, 0.6) is 0 Å². The number of aromatic nitrogens is 4. The van der Waals surface area contributed by atoms with Crippen LogP contribution in [0.4, 0.5) is 0 Å². The molecule has 0 spiro atoms. The van der Waals surface area contributed by atoms with Crippen molar-refractivity contribution in [3.63, 3.8) is 0 Å². The highest BCUT2D eigenvalue weighted by Crippen LogP contribution is 2.22. The molecule has 2 heterocycles. The Kier molecular flexibility index (Phi) is 6.61. The van der Waals surface area contributed by atoms with Gasteiger partial charge < -0.3 is 4.74 Å². The number of thioether (sulfide) groups is 1. The van der Waals surface area contributed by atoms with Crippen LogP contribution in [0.25, 0.3) is 22.8 Å². The van der Waals surface area contributed by atoms with Crippen LogP contribution in [0.2, 0.25) is 0 Å². The Bertz CT molecular complexity index is 1210. The van der Waals surface area contributed by atoms with Crippen molar-refractivity contribution in [3.8, 4) is 0 Å². The van der Waals surface area contributed by atoms with Gasteiger partial charge >= 0.3 is 0 Å². The van der Waals surface area contributed by atoms with Gasteiger partial charge in [0.05, 0.1) is 10.9 Å². The van der Waals surface area contributed by atoms with E-state index in [4.69, 9.17) is 4.74 Å². The first-order valence-electron chi connectivity index (χ1n) is 10.1. The highest BCUT2D eigenvalue weighted by Gasteiger charge is 2.16. The lowest BCUT2D eigenvalue weighted by Gasteiger charge is -2.11. The molecular weight excluding hydrogens is 396 g/mol. The SMILES string of the molecule is CCOCCCn1c(=O)c2ccccc2n2c(SC/C=C/c3ccccc3)nnc12. The van der Waals surface area contributed by atoms with E-state index < -0.39 is 0 Å². The van der Waals surface area contributed by atoms with Crippen LogP contribution in [-0.2, 0) is 11.3 Å². The van der Waals surface area contributed by atoms with Crippen molar-refractivity contribution in [2.75, 3.05) is 19.0 Å². The Morgan fingerprint density at radius 3 is 2.70 bits per heavy atom. The average molecular weight is 421 g/mol. The molecule has 0 aliphatic heterocycles. The van der Waals surface area contributed by atoms with Crippen molar-refractivity contribution in [1.29, 1.82) is 0 Å². The number of aryl methyl sites for hydroxylation is 1. The molecule has 0 N–H and O–H groups in total. The fourth-order valence-corrected chi connectivity index (χ4v) is 4.12. The first kappa shape index (κ1) is 20.4. The number of rotatable bonds is 9. The minimum Gasteiger partial charge on any atom is -0.382 e. The molecule has 154 valence electrons. The number of fused-ring (bicyclic) bond motifs is 3. The molecular formula is C23H24N4O2S. The van der Waals surface area contributed by atoms with Gasteiger partial charge in [0.25, 0.3) is 5.56 Å². The van der Waals surface area contributed by atoms with Crippen LogP contribution in [0, 0.1) is 0 Å². The molecule has 0 saturated heterocycles. The zero-order valence-corrected chi connectivity index (χ0v) is 17.7. The van der Waals surface area contributed by atoms with Crippen LogP contribution in [-0.4, -0.2) is 38.1 Å². The number of nitrogens with zero attached hydrogens (tertiary/aromatic N) is 4. The van der Waals surface area contributed by atoms with Crippen molar-refractivity contribution in [3.05, 3.63) is 76.6 Å². The van der Waals surface area contributed by atoms with Crippen molar-refractivity contribution in [2.45, 2.75) is 25.0 Å². The van der Waals surface area contributed by atoms with Gasteiger partial charge in [-0.2, -0.15) is 0 Å². The van der Waals surface area contributed by atoms with Crippen LogP contribution >= 0.6 is 11.8 Å². The predicted octanol–water partition coefficient (Wildman–Crippen LogP) is 4.28. The van der Waals surface area contributed by atoms with Crippen molar-refractivity contribution < 1.29 is 4.74 Å². The van der Waals surface area contributed by atoms with E-state index >= 15 is 0 Å². The van der Waals surface area contributed by atoms with E-state index in [0.717, 1.165) is 28.4 Å². The number of benzene rings is 2. The van der Waals surface area contributed by atoms with E-state index in [1.807, 2.05) is 53.8 Å². The zero-order valence-electron chi connectivity index (χ0n) is 16.9. The van der Waals surface area contributed by atoms with Gasteiger partial charge in [-0.1, -0.05) is 66.4 Å². The van der Waals surface area contributed by atoms with Gasteiger partial charge in [-0.15, -0.1) is 10.2 Å². The van der Waals surface area contributed by atoms with Crippen LogP contribution < -0.4 is 5.56 Å². The largest absolute Gasteiger partial charge is 0.382 e. The fraction of sp³-hybridized carbons (Fsp3) is 0.261. The quantitative estimate of drug-likeness (QED) is 0.299. The van der Waals surface area contributed by atoms with Gasteiger partial charge in [-0.3, -0.25) is 13.8 Å². The van der Waals surface area contributed by atoms with Gasteiger partial charge in [-0.25, -0.2) is 0 Å². The lowest BCUT2D eigenvalue weighted by atomic mass is 10.2. The standard InChI is InChI=1S/C23H24N4O2S/c1-2-29-16-9-15-26-21(28)19-13-6-7-14-20(19)27-22(26)24-25-23(27)30-17-8-12-18-10-4-3-5-11-18/h3-8,10-14H,2,9,15-17H2,1H3/b12-8+. The topological polar surface area (TPSA) is 61.4 Å². The third-order valence-electron chi connectivity index (χ3n) is 4.77. The molecule has 2 aromatic carbocycles. The van der Waals surface area contributed by atoms with Crippen LogP contribution in [0.1, 0.15) is 18.9 Å². The van der Waals surface area contributed by atoms with Gasteiger partial charge in [0.15, 0.2) is 5.16 Å². The molecule has 4 aromatic rings. The minimum absolute atomic E-state index is 0.0393. The highest BCUT2D eigenvalue weighted by atomic mass is 32.2. The third-order valence-corrected chi connectivity index (χ3v) is 5.65. The molecule has 30 heavy (non-hydrogen) atoms. The summed E-state index contributed by atoms with van der Waals surface area (Å²) in [6.07, 6.45) is 4.95. The van der Waals surface area contributed by atoms with Crippen molar-refractivity contribution in [1.82, 2.24) is 19.2 Å². The summed E-state index contributed by atoms with van der Waals surface area (Å²) in [5.74, 6) is 1.33. The highest BCUT2D eigenvalue weighted by molar-refractivity contribution is 7.99. The first-order chi connectivity index (χ1) is 14.8. The maximum absolute atomic E-state index is 13.1. The third kappa shape index (κ3) is 4.32. The normalized spacial score (nSPS) is 11.8. The molecule has 4 rings (SSSR count). The Morgan fingerprint density at radius 2 is 1.87 bits per heavy atom. The molecule has 0 radical (unpaired) electrons. The second-order valence-corrected chi connectivity index (χ2v) is 7.75. The number of hydrogen-bond donors (Lipinski definition) is 0. The number of ether oxygens (including phenoxy) is 1. The molecule has 0 saturated carbocycles. The van der Waals surface area contributed by atoms with E-state index in [1.165, 1.54) is 0 Å². The molecule has 0 aliphatic carbocycles. The van der Waals surface area contributed by atoms with Gasteiger partial charge in [0.2, 0.25) is 5.78 Å². The lowest BCUT2D eigenvalue weighted by Crippen LogP contribution is -2.24. The number of hydrogen-bond acceptors (Lipinski definition) is 5. The maximum atomic E-state index is 13.1. The zero-order chi connectivity index (χ0) is 20.8. The molecule has 0 atom stereocenters. The number of para-hydroxylation sites is 1. The van der Waals surface area contributed by atoms with Crippen molar-refractivity contribution in [2.24, 2.45) is 0 Å². The van der Waals surface area contributed by atoms with E-state index in [9.17, 15) is 4.79 Å². The summed E-state index contributed by atoms with van der Waals surface area (Å²) in [7, 11) is 0. The van der Waals surface area contributed by atoms with Gasteiger partial charge in [-0.05, 0) is 31.0 Å². The smallest absolute Gasteiger partial charge is 0.262 e. The van der Waals surface area contributed by atoms with Crippen molar-refractivity contribution >= 4 is 34.5 Å². The lowest BCUT2D eigenvalue weighted by molar-refractivity contribution is 0.141. The van der Waals surface area contributed by atoms with E-state index in [1.54, 1.807) is 16.3 Å². The van der Waals surface area contributed by atoms with E-state index in [0.29, 0.717) is 30.9 Å². The minimum atomic E-state index is -0.0393. The average Bonchev–Trinajstić information content (AvgIpc) is 3.21. The fourth-order valence-electron chi connectivity index (χ4n) is 3.37. The molecule has 0 bridgehead atoms. The van der Waals surface area contributed by atoms with Gasteiger partial charge in [0, 0.05) is 25.5 Å². The van der Waals surface area contributed by atoms with Crippen LogP contribution in [0.15, 0.2) is 70.6 Å². The van der Waals surface area contributed by atoms with E-state index in [2.05, 4.69) is 34.5 Å². The second-order valence-electron chi connectivity index (χ2n) is 6.77. The summed E-state index contributed by atoms with van der Waals surface area (Å²) < 4.78 is 9.12. The summed E-state index contributed by atoms with van der Waals surface area (Å²) in [5.41, 5.74) is 1.96. The molecule has 6 nitrogen and oxygen atoms in total. The summed E-state index contributed by atoms with van der Waals surface area (Å²) in [4.78, 5) is 13.1. The monoisotopic (exact) mass is 420 g/mol. The predicted molar refractivity (Wildman–Crippen MR) is 122 cm³/mol. The first-order valence-corrected chi connectivity index (χ1v) is 11.1. The summed E-state index contributed by atoms with van der Waals surface area (Å²) >= 11 is 1.60. The molecule has 0 amide bonds. The molecule has 7 heteroatoms. The van der Waals surface area contributed by atoms with E-state index in [-0.39, 0.29) is 5.56 Å². The summed E-state index contributed by atoms with van der Waals surface area (Å²) in [5, 5.41) is 10.2. The second kappa shape index (κ2) is 9.73. The Labute approximate surface area is 179 Å². The molecule has 0 fully saturated rings. The van der Waals surface area contributed by atoms with Crippen LogP contribution in [0.3, 0.4) is 0 Å². The summed E-state index contributed by atoms with van der Waals surface area (Å²) in [6.45, 7) is 3.80.